The monoisotopic (exact) mass is 544 g/mol. The van der Waals surface area contributed by atoms with Gasteiger partial charge in [-0.2, -0.15) is 0 Å². The van der Waals surface area contributed by atoms with E-state index in [4.69, 9.17) is 34.0 Å². The Hall–Kier alpha value is -1.88. The Morgan fingerprint density at radius 1 is 1.33 bits per heavy atom. The van der Waals surface area contributed by atoms with Crippen molar-refractivity contribution in [3.05, 3.63) is 63.4 Å². The van der Waals surface area contributed by atoms with E-state index in [0.717, 1.165) is 6.07 Å². The van der Waals surface area contributed by atoms with E-state index >= 15 is 8.78 Å². The molecular weight excluding hydrogens is 513 g/mol. The second-order valence-electron chi connectivity index (χ2n) is 10.4. The molecule has 1 saturated heterocycles. The zero-order valence-electron chi connectivity index (χ0n) is 20.4. The van der Waals surface area contributed by atoms with E-state index in [0.29, 0.717) is 6.42 Å². The number of pyridine rings is 1. The van der Waals surface area contributed by atoms with Gasteiger partial charge in [-0.25, -0.2) is 8.78 Å². The molecule has 3 rings (SSSR count). The minimum Gasteiger partial charge on any atom is -0.394 e. The number of hydrogen-bond donors (Lipinski definition) is 5. The molecule has 5 atom stereocenters. The van der Waals surface area contributed by atoms with Crippen LogP contribution in [0.2, 0.25) is 10.0 Å². The fraction of sp³-hybridized carbons (Fsp3) is 0.520. The van der Waals surface area contributed by atoms with Gasteiger partial charge in [0.2, 0.25) is 5.91 Å². The van der Waals surface area contributed by atoms with Gasteiger partial charge in [0.25, 0.3) is 0 Å². The summed E-state index contributed by atoms with van der Waals surface area (Å²) in [6, 6.07) is 3.69. The molecule has 1 aliphatic heterocycles. The van der Waals surface area contributed by atoms with Gasteiger partial charge in [-0.1, -0.05) is 56.1 Å². The first-order valence-electron chi connectivity index (χ1n) is 11.7. The van der Waals surface area contributed by atoms with Crippen LogP contribution in [0.3, 0.4) is 0 Å². The topological polar surface area (TPSA) is 120 Å². The van der Waals surface area contributed by atoms with Gasteiger partial charge in [0.1, 0.15) is 11.6 Å². The first-order valence-corrected chi connectivity index (χ1v) is 12.4. The standard InChI is InChI=1S/C25H32Cl2F2N4O3/c1-24(2,3)10-18-25(30,22-17(28)9-13(26)11-32-22)19(15-5-4-6-16(27)20(15)29)21(33-18)23(36)31-8-7-14(35)12-34/h4-6,9,11,14,18-19,21,33-35H,7-8,10,12,30H2,1-3H3,(H,31,36). The summed E-state index contributed by atoms with van der Waals surface area (Å²) in [6.07, 6.45) is 0.770. The summed E-state index contributed by atoms with van der Waals surface area (Å²) in [6.45, 7) is 5.52. The highest BCUT2D eigenvalue weighted by Gasteiger charge is 2.59. The lowest BCUT2D eigenvalue weighted by Crippen LogP contribution is -2.53. The Bertz CT molecular complexity index is 1100. The van der Waals surface area contributed by atoms with Crippen LogP contribution in [0.1, 0.15) is 50.8 Å². The number of aromatic nitrogens is 1. The molecule has 36 heavy (non-hydrogen) atoms. The lowest BCUT2D eigenvalue weighted by Gasteiger charge is -2.38. The number of hydrogen-bond acceptors (Lipinski definition) is 6. The zero-order chi connectivity index (χ0) is 26.8. The molecule has 5 unspecified atom stereocenters. The Labute approximate surface area is 219 Å². The Morgan fingerprint density at radius 3 is 2.64 bits per heavy atom. The van der Waals surface area contributed by atoms with Crippen LogP contribution in [0, 0.1) is 17.0 Å². The van der Waals surface area contributed by atoms with Gasteiger partial charge in [0.05, 0.1) is 40.0 Å². The van der Waals surface area contributed by atoms with Gasteiger partial charge in [0.15, 0.2) is 0 Å². The van der Waals surface area contributed by atoms with Gasteiger partial charge in [-0.3, -0.25) is 9.78 Å². The number of nitrogens with zero attached hydrogens (tertiary/aromatic N) is 1. The van der Waals surface area contributed by atoms with E-state index < -0.39 is 53.8 Å². The van der Waals surface area contributed by atoms with E-state index in [9.17, 15) is 9.90 Å². The van der Waals surface area contributed by atoms with Crippen molar-refractivity contribution in [3.63, 3.8) is 0 Å². The fourth-order valence-corrected chi connectivity index (χ4v) is 5.14. The van der Waals surface area contributed by atoms with Gasteiger partial charge in [-0.15, -0.1) is 0 Å². The van der Waals surface area contributed by atoms with Gasteiger partial charge in [-0.05, 0) is 36.0 Å². The van der Waals surface area contributed by atoms with E-state index in [-0.39, 0.29) is 39.7 Å². The molecule has 1 fully saturated rings. The highest BCUT2D eigenvalue weighted by molar-refractivity contribution is 6.31. The minimum absolute atomic E-state index is 0.0422. The molecule has 2 aromatic rings. The van der Waals surface area contributed by atoms with Crippen LogP contribution in [0.4, 0.5) is 8.78 Å². The molecular formula is C25H32Cl2F2N4O3. The number of nitrogens with two attached hydrogens (primary N) is 1. The number of halogens is 4. The lowest BCUT2D eigenvalue weighted by molar-refractivity contribution is -0.123. The molecule has 0 aliphatic carbocycles. The van der Waals surface area contributed by atoms with Crippen molar-refractivity contribution in [1.29, 1.82) is 0 Å². The van der Waals surface area contributed by atoms with E-state index in [1.165, 1.54) is 24.4 Å². The molecule has 0 spiro atoms. The van der Waals surface area contributed by atoms with Crippen LogP contribution in [0.25, 0.3) is 0 Å². The molecule has 2 heterocycles. The Balaban J connectivity index is 2.17. The summed E-state index contributed by atoms with van der Waals surface area (Å²) in [5.74, 6) is -3.16. The molecule has 1 aromatic heterocycles. The average Bonchev–Trinajstić information content (AvgIpc) is 3.06. The summed E-state index contributed by atoms with van der Waals surface area (Å²) in [5, 5.41) is 24.5. The predicted molar refractivity (Wildman–Crippen MR) is 135 cm³/mol. The number of carbonyl (C=O) groups excluding carboxylic acids is 1. The number of rotatable bonds is 8. The van der Waals surface area contributed by atoms with Gasteiger partial charge >= 0.3 is 0 Å². The number of nitrogens with one attached hydrogen (secondary N) is 2. The van der Waals surface area contributed by atoms with Crippen LogP contribution in [0.5, 0.6) is 0 Å². The highest BCUT2D eigenvalue weighted by atomic mass is 35.5. The lowest BCUT2D eigenvalue weighted by atomic mass is 9.70. The van der Waals surface area contributed by atoms with Crippen LogP contribution >= 0.6 is 23.2 Å². The quantitative estimate of drug-likeness (QED) is 0.348. The smallest absolute Gasteiger partial charge is 0.237 e. The largest absolute Gasteiger partial charge is 0.394 e. The number of amides is 1. The molecule has 7 nitrogen and oxygen atoms in total. The maximum Gasteiger partial charge on any atom is 0.237 e. The highest BCUT2D eigenvalue weighted by Crippen LogP contribution is 2.49. The van der Waals surface area contributed by atoms with Crippen molar-refractivity contribution in [2.24, 2.45) is 11.1 Å². The van der Waals surface area contributed by atoms with Crippen LogP contribution in [-0.2, 0) is 10.3 Å². The van der Waals surface area contributed by atoms with Gasteiger partial charge < -0.3 is 26.6 Å². The summed E-state index contributed by atoms with van der Waals surface area (Å²) in [4.78, 5) is 17.6. The molecule has 6 N–H and O–H groups in total. The van der Waals surface area contributed by atoms with Crippen molar-refractivity contribution in [2.45, 2.75) is 63.3 Å². The SMILES string of the molecule is CC(C)(C)CC1NC(C(=O)NCCC(O)CO)C(c2cccc(Cl)c2F)C1(N)c1ncc(Cl)cc1F. The maximum atomic E-state index is 15.4. The molecule has 1 amide bonds. The molecule has 198 valence electrons. The third-order valence-electron chi connectivity index (χ3n) is 6.43. The van der Waals surface area contributed by atoms with Crippen molar-refractivity contribution in [1.82, 2.24) is 15.6 Å². The van der Waals surface area contributed by atoms with Crippen LogP contribution < -0.4 is 16.4 Å². The van der Waals surface area contributed by atoms with Gasteiger partial charge in [0, 0.05) is 24.7 Å². The van der Waals surface area contributed by atoms with Crippen LogP contribution in [0.15, 0.2) is 30.5 Å². The molecule has 0 bridgehead atoms. The van der Waals surface area contributed by atoms with Crippen molar-refractivity contribution < 1.29 is 23.8 Å². The van der Waals surface area contributed by atoms with E-state index in [1.54, 1.807) is 0 Å². The second kappa shape index (κ2) is 11.2. The first-order chi connectivity index (χ1) is 16.8. The normalized spacial score (nSPS) is 25.1. The maximum absolute atomic E-state index is 15.4. The average molecular weight is 545 g/mol. The predicted octanol–water partition coefficient (Wildman–Crippen LogP) is 3.24. The number of aliphatic hydroxyl groups is 2. The number of carbonyl (C=O) groups is 1. The third-order valence-corrected chi connectivity index (χ3v) is 6.92. The van der Waals surface area contributed by atoms with Crippen LogP contribution in [-0.4, -0.2) is 52.4 Å². The second-order valence-corrected chi connectivity index (χ2v) is 11.3. The molecule has 11 heteroatoms. The summed E-state index contributed by atoms with van der Waals surface area (Å²) in [5.41, 5.74) is 4.95. The zero-order valence-corrected chi connectivity index (χ0v) is 21.9. The Morgan fingerprint density at radius 2 is 2.03 bits per heavy atom. The number of benzene rings is 1. The summed E-state index contributed by atoms with van der Waals surface area (Å²) >= 11 is 12.0. The van der Waals surface area contributed by atoms with Crippen molar-refractivity contribution in [2.75, 3.05) is 13.2 Å². The molecule has 1 aromatic carbocycles. The van der Waals surface area contributed by atoms with E-state index in [2.05, 4.69) is 15.6 Å². The van der Waals surface area contributed by atoms with Crippen molar-refractivity contribution in [3.8, 4) is 0 Å². The van der Waals surface area contributed by atoms with Crippen molar-refractivity contribution >= 4 is 29.1 Å². The minimum atomic E-state index is -1.67. The Kier molecular flexibility index (Phi) is 8.96. The third kappa shape index (κ3) is 5.98. The summed E-state index contributed by atoms with van der Waals surface area (Å²) in [7, 11) is 0. The number of aliphatic hydroxyl groups excluding tert-OH is 2. The fourth-order valence-electron chi connectivity index (χ4n) is 4.82. The molecule has 0 saturated carbocycles. The van der Waals surface area contributed by atoms with E-state index in [1.807, 2.05) is 20.8 Å². The molecule has 0 radical (unpaired) electrons. The first kappa shape index (κ1) is 28.7. The summed E-state index contributed by atoms with van der Waals surface area (Å²) < 4.78 is 30.8. The molecule has 1 aliphatic rings.